The van der Waals surface area contributed by atoms with E-state index >= 15 is 0 Å². The maximum atomic E-state index is 12.2. The zero-order valence-electron chi connectivity index (χ0n) is 10.5. The molecule has 6 heteroatoms. The molecule has 1 heterocycles. The first-order chi connectivity index (χ1) is 8.97. The van der Waals surface area contributed by atoms with Gasteiger partial charge < -0.3 is 5.11 Å². The van der Waals surface area contributed by atoms with Gasteiger partial charge >= 0.3 is 5.97 Å². The molecule has 0 bridgehead atoms. The first-order valence-electron chi connectivity index (χ1n) is 5.60. The van der Waals surface area contributed by atoms with E-state index in [2.05, 4.69) is 4.98 Å². The van der Waals surface area contributed by atoms with Crippen molar-refractivity contribution in [2.45, 2.75) is 24.5 Å². The Balaban J connectivity index is 2.24. The van der Waals surface area contributed by atoms with E-state index in [4.69, 9.17) is 5.11 Å². The van der Waals surface area contributed by atoms with Crippen molar-refractivity contribution in [1.29, 1.82) is 0 Å². The Kier molecular flexibility index (Phi) is 4.11. The summed E-state index contributed by atoms with van der Waals surface area (Å²) in [5.74, 6) is -0.679. The van der Waals surface area contributed by atoms with Crippen LogP contribution in [-0.2, 0) is 16.6 Å². The molecule has 0 saturated heterocycles. The van der Waals surface area contributed by atoms with Crippen molar-refractivity contribution in [3.05, 3.63) is 45.4 Å². The minimum atomic E-state index is -1.27. The van der Waals surface area contributed by atoms with Crippen molar-refractivity contribution >= 4 is 28.1 Å². The molecule has 2 aromatic rings. The second kappa shape index (κ2) is 5.63. The number of carbonyl (C=O) groups is 1. The van der Waals surface area contributed by atoms with Gasteiger partial charge in [-0.2, -0.15) is 0 Å². The Morgan fingerprint density at radius 2 is 2.16 bits per heavy atom. The van der Waals surface area contributed by atoms with E-state index in [-0.39, 0.29) is 5.56 Å². The van der Waals surface area contributed by atoms with Gasteiger partial charge in [0.1, 0.15) is 5.01 Å². The Labute approximate surface area is 117 Å². The Hall–Kier alpha value is -1.53. The first kappa shape index (κ1) is 13.9. The predicted molar refractivity (Wildman–Crippen MR) is 75.1 cm³/mol. The maximum absolute atomic E-state index is 12.2. The molecule has 1 atom stereocenters. The number of benzene rings is 1. The summed E-state index contributed by atoms with van der Waals surface area (Å²) in [6, 6.07) is 4.87. The van der Waals surface area contributed by atoms with Crippen molar-refractivity contribution in [2.75, 3.05) is 0 Å². The van der Waals surface area contributed by atoms with Crippen molar-refractivity contribution in [3.63, 3.8) is 0 Å². The lowest BCUT2D eigenvalue weighted by atomic mass is 10.1. The fourth-order valence-corrected chi connectivity index (χ4v) is 3.71. The van der Waals surface area contributed by atoms with Crippen molar-refractivity contribution in [3.8, 4) is 0 Å². The number of aromatic nitrogens is 1. The molecule has 100 valence electrons. The molecule has 0 amide bonds. The topological polar surface area (TPSA) is 67.3 Å². The van der Waals surface area contributed by atoms with Crippen molar-refractivity contribution < 1.29 is 14.1 Å². The summed E-state index contributed by atoms with van der Waals surface area (Å²) in [6.45, 7) is 3.61. The van der Waals surface area contributed by atoms with Crippen molar-refractivity contribution in [2.24, 2.45) is 0 Å². The van der Waals surface area contributed by atoms with Gasteiger partial charge in [0.05, 0.1) is 22.1 Å². The Bertz CT molecular complexity index is 649. The molecule has 1 aromatic carbocycles. The van der Waals surface area contributed by atoms with Crippen LogP contribution in [0.1, 0.15) is 26.6 Å². The summed E-state index contributed by atoms with van der Waals surface area (Å²) < 4.78 is 12.2. The van der Waals surface area contributed by atoms with Gasteiger partial charge in [0.2, 0.25) is 0 Å². The number of aryl methyl sites for hydroxylation is 2. The third kappa shape index (κ3) is 3.27. The smallest absolute Gasteiger partial charge is 0.335 e. The molecule has 0 aliphatic rings. The van der Waals surface area contributed by atoms with Crippen LogP contribution in [0.2, 0.25) is 0 Å². The SMILES string of the molecule is Cc1csc(CS(=O)c2ccc(C)c(C(=O)O)c2)n1. The number of aromatic carboxylic acids is 1. The van der Waals surface area contributed by atoms with E-state index in [1.54, 1.807) is 19.1 Å². The summed E-state index contributed by atoms with van der Waals surface area (Å²) in [5, 5.41) is 11.8. The first-order valence-corrected chi connectivity index (χ1v) is 7.80. The molecule has 1 unspecified atom stereocenters. The van der Waals surface area contributed by atoms with E-state index in [0.29, 0.717) is 16.2 Å². The summed E-state index contributed by atoms with van der Waals surface area (Å²) in [5.41, 5.74) is 1.77. The van der Waals surface area contributed by atoms with Gasteiger partial charge in [-0.05, 0) is 31.5 Å². The van der Waals surface area contributed by atoms with Crippen LogP contribution < -0.4 is 0 Å². The summed E-state index contributed by atoms with van der Waals surface area (Å²) in [4.78, 5) is 15.8. The van der Waals surface area contributed by atoms with Crippen LogP contribution in [0.25, 0.3) is 0 Å². The molecular weight excluding hydrogens is 282 g/mol. The lowest BCUT2D eigenvalue weighted by molar-refractivity contribution is 0.0696. The molecule has 1 aromatic heterocycles. The lowest BCUT2D eigenvalue weighted by Crippen LogP contribution is -2.03. The molecule has 0 aliphatic heterocycles. The van der Waals surface area contributed by atoms with Crippen molar-refractivity contribution in [1.82, 2.24) is 4.98 Å². The number of carboxylic acid groups (broad SMARTS) is 1. The van der Waals surface area contributed by atoms with Gasteiger partial charge in [0.15, 0.2) is 0 Å². The number of hydrogen-bond acceptors (Lipinski definition) is 4. The molecule has 2 rings (SSSR count). The van der Waals surface area contributed by atoms with Gasteiger partial charge in [-0.3, -0.25) is 4.21 Å². The highest BCUT2D eigenvalue weighted by Crippen LogP contribution is 2.19. The molecule has 0 aliphatic carbocycles. The van der Waals surface area contributed by atoms with Crippen LogP contribution in [0.4, 0.5) is 0 Å². The third-order valence-corrected chi connectivity index (χ3v) is 5.09. The number of thiazole rings is 1. The maximum Gasteiger partial charge on any atom is 0.335 e. The zero-order chi connectivity index (χ0) is 14.0. The Morgan fingerprint density at radius 3 is 2.74 bits per heavy atom. The van der Waals surface area contributed by atoms with Gasteiger partial charge in [-0.25, -0.2) is 9.78 Å². The summed E-state index contributed by atoms with van der Waals surface area (Å²) in [7, 11) is -1.27. The monoisotopic (exact) mass is 295 g/mol. The molecule has 4 nitrogen and oxygen atoms in total. The molecular formula is C13H13NO3S2. The van der Waals surface area contributed by atoms with E-state index in [1.165, 1.54) is 17.4 Å². The average Bonchev–Trinajstić information content (AvgIpc) is 2.74. The number of carboxylic acids is 1. The van der Waals surface area contributed by atoms with Crippen LogP contribution in [0.15, 0.2) is 28.5 Å². The summed E-state index contributed by atoms with van der Waals surface area (Å²) in [6.07, 6.45) is 0. The molecule has 0 fully saturated rings. The number of hydrogen-bond donors (Lipinski definition) is 1. The lowest BCUT2D eigenvalue weighted by Gasteiger charge is -2.04. The molecule has 19 heavy (non-hydrogen) atoms. The van der Waals surface area contributed by atoms with E-state index < -0.39 is 16.8 Å². The van der Waals surface area contributed by atoms with Gasteiger partial charge in [0.25, 0.3) is 0 Å². The Morgan fingerprint density at radius 1 is 1.42 bits per heavy atom. The minimum Gasteiger partial charge on any atom is -0.478 e. The van der Waals surface area contributed by atoms with E-state index in [9.17, 15) is 9.00 Å². The quantitative estimate of drug-likeness (QED) is 0.941. The van der Waals surface area contributed by atoms with Crippen LogP contribution in [-0.4, -0.2) is 20.3 Å². The van der Waals surface area contributed by atoms with E-state index in [1.807, 2.05) is 12.3 Å². The van der Waals surface area contributed by atoms with Crippen LogP contribution in [0.3, 0.4) is 0 Å². The highest BCUT2D eigenvalue weighted by Gasteiger charge is 2.13. The number of nitrogens with zero attached hydrogens (tertiary/aromatic N) is 1. The van der Waals surface area contributed by atoms with Gasteiger partial charge in [-0.1, -0.05) is 6.07 Å². The molecule has 0 spiro atoms. The van der Waals surface area contributed by atoms with Crippen LogP contribution >= 0.6 is 11.3 Å². The minimum absolute atomic E-state index is 0.196. The predicted octanol–water partition coefficient (Wildman–Crippen LogP) is 2.77. The average molecular weight is 295 g/mol. The second-order valence-electron chi connectivity index (χ2n) is 4.15. The largest absolute Gasteiger partial charge is 0.478 e. The number of rotatable bonds is 4. The van der Waals surface area contributed by atoms with Crippen LogP contribution in [0, 0.1) is 13.8 Å². The summed E-state index contributed by atoms with van der Waals surface area (Å²) >= 11 is 1.47. The highest BCUT2D eigenvalue weighted by atomic mass is 32.2. The second-order valence-corrected chi connectivity index (χ2v) is 6.55. The molecule has 0 saturated carbocycles. The fourth-order valence-electron chi connectivity index (χ4n) is 1.64. The van der Waals surface area contributed by atoms with Gasteiger partial charge in [-0.15, -0.1) is 11.3 Å². The standard InChI is InChI=1S/C13H13NO3S2/c1-8-3-4-10(5-11(8)13(15)16)19(17)7-12-14-9(2)6-18-12/h3-6H,7H2,1-2H3,(H,15,16). The molecule has 1 N–H and O–H groups in total. The molecule has 0 radical (unpaired) electrons. The zero-order valence-corrected chi connectivity index (χ0v) is 12.2. The van der Waals surface area contributed by atoms with Gasteiger partial charge in [0, 0.05) is 16.0 Å². The normalized spacial score (nSPS) is 12.3. The van der Waals surface area contributed by atoms with Crippen LogP contribution in [0.5, 0.6) is 0 Å². The fraction of sp³-hybridized carbons (Fsp3) is 0.231. The highest BCUT2D eigenvalue weighted by molar-refractivity contribution is 7.84. The third-order valence-electron chi connectivity index (χ3n) is 2.62. The van der Waals surface area contributed by atoms with E-state index in [0.717, 1.165) is 10.7 Å².